The minimum atomic E-state index is -5.23. The lowest BCUT2D eigenvalue weighted by atomic mass is 10.1. The Morgan fingerprint density at radius 1 is 0.964 bits per heavy atom. The lowest BCUT2D eigenvalue weighted by Gasteiger charge is -2.13. The van der Waals surface area contributed by atoms with Gasteiger partial charge < -0.3 is 0 Å². The summed E-state index contributed by atoms with van der Waals surface area (Å²) in [7, 11) is 0. The lowest BCUT2D eigenvalue weighted by molar-refractivity contribution is -0.394. The van der Waals surface area contributed by atoms with E-state index in [0.29, 0.717) is 0 Å². The Kier molecular flexibility index (Phi) is 5.07. The number of halogens is 7. The Morgan fingerprint density at radius 2 is 1.43 bits per heavy atom. The van der Waals surface area contributed by atoms with E-state index in [0.717, 1.165) is 0 Å². The van der Waals surface area contributed by atoms with E-state index < -0.39 is 61.1 Å². The van der Waals surface area contributed by atoms with Crippen molar-refractivity contribution in [2.24, 2.45) is 0 Å². The van der Waals surface area contributed by atoms with Crippen molar-refractivity contribution in [3.05, 3.63) is 65.3 Å². The summed E-state index contributed by atoms with van der Waals surface area (Å²) in [5.74, 6) is 0. The Labute approximate surface area is 153 Å². The van der Waals surface area contributed by atoms with Gasteiger partial charge in [0.1, 0.15) is 11.3 Å². The summed E-state index contributed by atoms with van der Waals surface area (Å²) in [5, 5.41) is 20.7. The van der Waals surface area contributed by atoms with Gasteiger partial charge in [-0.2, -0.15) is 26.3 Å². The van der Waals surface area contributed by atoms with Crippen LogP contribution in [-0.2, 0) is 12.4 Å². The van der Waals surface area contributed by atoms with E-state index >= 15 is 0 Å². The predicted octanol–water partition coefficient (Wildman–Crippen LogP) is 3.74. The highest BCUT2D eigenvalue weighted by molar-refractivity contribution is 6.31. The van der Waals surface area contributed by atoms with Gasteiger partial charge in [0.2, 0.25) is 5.69 Å². The smallest absolute Gasteiger partial charge is 0.267 e. The first-order valence-electron chi connectivity index (χ1n) is 6.55. The summed E-state index contributed by atoms with van der Waals surface area (Å²) >= 11 is 5.27. The molecule has 0 aliphatic carbocycles. The summed E-state index contributed by atoms with van der Waals surface area (Å²) in [6, 6.07) is -0.222. The van der Waals surface area contributed by atoms with E-state index in [4.69, 9.17) is 11.6 Å². The van der Waals surface area contributed by atoms with Crippen LogP contribution >= 0.6 is 11.6 Å². The molecular formula is C12H3ClF6N4O5. The average molecular weight is 433 g/mol. The van der Waals surface area contributed by atoms with E-state index in [1.54, 1.807) is 0 Å². The van der Waals surface area contributed by atoms with Gasteiger partial charge in [0.05, 0.1) is 15.4 Å². The van der Waals surface area contributed by atoms with E-state index in [1.165, 1.54) is 0 Å². The number of aromatic nitrogens is 2. The molecule has 0 N–H and O–H groups in total. The van der Waals surface area contributed by atoms with Crippen LogP contribution in [0.2, 0.25) is 5.02 Å². The van der Waals surface area contributed by atoms with Crippen molar-refractivity contribution in [2.75, 3.05) is 0 Å². The van der Waals surface area contributed by atoms with Crippen LogP contribution in [0, 0.1) is 20.2 Å². The summed E-state index contributed by atoms with van der Waals surface area (Å²) in [6.07, 6.45) is -10.4. The Hall–Kier alpha value is -3.23. The summed E-state index contributed by atoms with van der Waals surface area (Å²) in [5.41, 5.74) is -9.95. The molecule has 0 bridgehead atoms. The molecule has 1 aromatic carbocycles. The van der Waals surface area contributed by atoms with Crippen LogP contribution in [0.25, 0.3) is 5.69 Å². The second-order valence-corrected chi connectivity index (χ2v) is 5.33. The van der Waals surface area contributed by atoms with Crippen molar-refractivity contribution in [2.45, 2.75) is 12.4 Å². The Morgan fingerprint density at radius 3 is 1.79 bits per heavy atom. The summed E-state index contributed by atoms with van der Waals surface area (Å²) < 4.78 is 76.7. The standard InChI is InChI=1S/C12H3ClF6N4O5/c13-7-9(12(17,18)19)20-3-21(10(7)24)8-5(22(25)26)1-4(11(14,15)16)2-6(8)23(27)28/h1-3H. The van der Waals surface area contributed by atoms with E-state index in [-0.39, 0.29) is 23.0 Å². The fraction of sp³-hybridized carbons (Fsp3) is 0.167. The largest absolute Gasteiger partial charge is 0.435 e. The second kappa shape index (κ2) is 6.74. The Balaban J connectivity index is 2.97. The molecule has 0 aliphatic heterocycles. The van der Waals surface area contributed by atoms with Crippen LogP contribution in [0.15, 0.2) is 23.3 Å². The molecule has 0 saturated carbocycles. The number of nitro benzene ring substituents is 2. The molecule has 1 aromatic heterocycles. The predicted molar refractivity (Wildman–Crippen MR) is 78.2 cm³/mol. The number of nitro groups is 2. The fourth-order valence-corrected chi connectivity index (χ4v) is 2.33. The molecule has 2 aromatic rings. The highest BCUT2D eigenvalue weighted by Gasteiger charge is 2.40. The highest BCUT2D eigenvalue weighted by Crippen LogP contribution is 2.40. The van der Waals surface area contributed by atoms with Crippen molar-refractivity contribution >= 4 is 23.0 Å². The van der Waals surface area contributed by atoms with Crippen molar-refractivity contribution in [1.82, 2.24) is 9.55 Å². The molecule has 0 radical (unpaired) electrons. The van der Waals surface area contributed by atoms with Gasteiger partial charge in [-0.25, -0.2) is 4.98 Å². The maximum absolute atomic E-state index is 12.9. The maximum Gasteiger partial charge on any atom is 0.435 e. The van der Waals surface area contributed by atoms with E-state index in [1.807, 2.05) is 0 Å². The van der Waals surface area contributed by atoms with Gasteiger partial charge in [0.25, 0.3) is 5.56 Å². The van der Waals surface area contributed by atoms with Gasteiger partial charge >= 0.3 is 23.7 Å². The van der Waals surface area contributed by atoms with Gasteiger partial charge in [0, 0.05) is 12.1 Å². The zero-order valence-corrected chi connectivity index (χ0v) is 13.5. The summed E-state index contributed by atoms with van der Waals surface area (Å²) in [6.45, 7) is 0. The van der Waals surface area contributed by atoms with Crippen LogP contribution in [0.5, 0.6) is 0 Å². The molecule has 0 fully saturated rings. The highest BCUT2D eigenvalue weighted by atomic mass is 35.5. The van der Waals surface area contributed by atoms with Gasteiger partial charge in [-0.3, -0.25) is 29.6 Å². The third-order valence-corrected chi connectivity index (χ3v) is 3.56. The third kappa shape index (κ3) is 3.73. The molecule has 0 unspecified atom stereocenters. The molecule has 0 saturated heterocycles. The molecule has 28 heavy (non-hydrogen) atoms. The van der Waals surface area contributed by atoms with Crippen LogP contribution in [0.4, 0.5) is 37.7 Å². The zero-order valence-electron chi connectivity index (χ0n) is 12.7. The van der Waals surface area contributed by atoms with Crippen molar-refractivity contribution in [3.8, 4) is 5.69 Å². The maximum atomic E-state index is 12.9. The number of rotatable bonds is 3. The number of alkyl halides is 6. The topological polar surface area (TPSA) is 121 Å². The second-order valence-electron chi connectivity index (χ2n) is 4.96. The SMILES string of the molecule is O=c1c(Cl)c(C(F)(F)F)ncn1-c1c([N+](=O)[O-])cc(C(F)(F)F)cc1[N+](=O)[O-]. The molecule has 9 nitrogen and oxygen atoms in total. The zero-order chi connectivity index (χ0) is 21.6. The minimum Gasteiger partial charge on any atom is -0.267 e. The quantitative estimate of drug-likeness (QED) is 0.414. The molecule has 0 spiro atoms. The first-order chi connectivity index (χ1) is 12.7. The van der Waals surface area contributed by atoms with Crippen molar-refractivity contribution in [3.63, 3.8) is 0 Å². The van der Waals surface area contributed by atoms with E-state index in [9.17, 15) is 51.4 Å². The first kappa shape index (κ1) is 21.1. The average Bonchev–Trinajstić information content (AvgIpc) is 2.54. The molecule has 1 heterocycles. The van der Waals surface area contributed by atoms with Crippen molar-refractivity contribution in [1.29, 1.82) is 0 Å². The Bertz CT molecular complexity index is 1010. The van der Waals surface area contributed by atoms with Crippen LogP contribution in [0.1, 0.15) is 11.3 Å². The van der Waals surface area contributed by atoms with Crippen LogP contribution in [-0.4, -0.2) is 19.4 Å². The molecule has 2 rings (SSSR count). The lowest BCUT2D eigenvalue weighted by Crippen LogP contribution is -2.25. The van der Waals surface area contributed by atoms with Crippen molar-refractivity contribution < 1.29 is 36.2 Å². The number of benzene rings is 1. The van der Waals surface area contributed by atoms with Gasteiger partial charge in [-0.05, 0) is 0 Å². The normalized spacial score (nSPS) is 12.1. The number of hydrogen-bond acceptors (Lipinski definition) is 6. The van der Waals surface area contributed by atoms with E-state index in [2.05, 4.69) is 4.98 Å². The molecule has 0 atom stereocenters. The van der Waals surface area contributed by atoms with Gasteiger partial charge in [-0.1, -0.05) is 11.6 Å². The van der Waals surface area contributed by atoms with Gasteiger partial charge in [-0.15, -0.1) is 0 Å². The first-order valence-corrected chi connectivity index (χ1v) is 6.92. The molecule has 16 heteroatoms. The molecule has 0 aliphatic rings. The monoisotopic (exact) mass is 432 g/mol. The van der Waals surface area contributed by atoms with Crippen LogP contribution in [0.3, 0.4) is 0 Å². The number of hydrogen-bond donors (Lipinski definition) is 0. The van der Waals surface area contributed by atoms with Crippen LogP contribution < -0.4 is 5.56 Å². The van der Waals surface area contributed by atoms with Gasteiger partial charge in [0.15, 0.2) is 5.69 Å². The molecular weight excluding hydrogens is 430 g/mol. The molecule has 0 amide bonds. The fourth-order valence-electron chi connectivity index (χ4n) is 2.08. The minimum absolute atomic E-state index is 0.0413. The molecule has 150 valence electrons. The number of nitrogens with zero attached hydrogens (tertiary/aromatic N) is 4. The third-order valence-electron chi connectivity index (χ3n) is 3.22. The summed E-state index contributed by atoms with van der Waals surface area (Å²) in [4.78, 5) is 34.2.